The van der Waals surface area contributed by atoms with E-state index in [1.54, 1.807) is 0 Å². The van der Waals surface area contributed by atoms with Gasteiger partial charge in [-0.15, -0.1) is 0 Å². The van der Waals surface area contributed by atoms with Gasteiger partial charge < -0.3 is 0 Å². The van der Waals surface area contributed by atoms with E-state index in [0.717, 1.165) is 6.42 Å². The van der Waals surface area contributed by atoms with Crippen LogP contribution in [0.3, 0.4) is 0 Å². The summed E-state index contributed by atoms with van der Waals surface area (Å²) in [6.45, 7) is 4.55. The molecule has 0 spiro atoms. The molecule has 0 radical (unpaired) electrons. The Bertz CT molecular complexity index is 242. The first kappa shape index (κ1) is 24.0. The van der Waals surface area contributed by atoms with Crippen molar-refractivity contribution in [3.8, 4) is 0 Å². The van der Waals surface area contributed by atoms with E-state index < -0.39 is 0 Å². The molecule has 1 unspecified atom stereocenters. The summed E-state index contributed by atoms with van der Waals surface area (Å²) in [6, 6.07) is 0. The van der Waals surface area contributed by atoms with Crippen LogP contribution in [0.25, 0.3) is 0 Å². The van der Waals surface area contributed by atoms with E-state index in [2.05, 4.69) is 25.5 Å². The average Bonchev–Trinajstić information content (AvgIpc) is 2.57. The van der Waals surface area contributed by atoms with E-state index in [0.29, 0.717) is 33.1 Å². The van der Waals surface area contributed by atoms with Crippen molar-refractivity contribution >= 4 is 29.9 Å². The quantitative estimate of drug-likeness (QED) is 0.197. The summed E-state index contributed by atoms with van der Waals surface area (Å²) < 4.78 is 0.314. The van der Waals surface area contributed by atoms with E-state index >= 15 is 0 Å². The van der Waals surface area contributed by atoms with Crippen LogP contribution >= 0.6 is 0 Å². The van der Waals surface area contributed by atoms with E-state index in [1.807, 2.05) is 0 Å². The second-order valence-electron chi connectivity index (χ2n) is 6.81. The van der Waals surface area contributed by atoms with Gasteiger partial charge in [0.25, 0.3) is 0 Å². The second-order valence-corrected chi connectivity index (χ2v) is 12.9. The molecule has 0 amide bonds. The molecule has 3 heteroatoms. The monoisotopic (exact) mass is 458 g/mol. The molecule has 0 saturated heterocycles. The summed E-state index contributed by atoms with van der Waals surface area (Å²) in [4.78, 5) is 0. The van der Waals surface area contributed by atoms with Gasteiger partial charge in [-0.3, -0.25) is 0 Å². The molecule has 0 aliphatic carbocycles. The molecule has 0 aromatic carbocycles. The molecule has 23 heavy (non-hydrogen) atoms. The van der Waals surface area contributed by atoms with Gasteiger partial charge in [0.15, 0.2) is 0 Å². The molecule has 0 aromatic rings. The van der Waals surface area contributed by atoms with Crippen molar-refractivity contribution in [1.29, 1.82) is 0 Å². The van der Waals surface area contributed by atoms with Crippen LogP contribution in [0.5, 0.6) is 0 Å². The number of hydrogen-bond acceptors (Lipinski definition) is 1. The Morgan fingerprint density at radius 1 is 0.696 bits per heavy atom. The van der Waals surface area contributed by atoms with Gasteiger partial charge >= 0.3 is 160 Å². The van der Waals surface area contributed by atoms with Gasteiger partial charge in [0.2, 0.25) is 0 Å². The molecular weight excluding hydrogens is 414 g/mol. The fourth-order valence-electron chi connectivity index (χ4n) is 3.22. The molecule has 0 bridgehead atoms. The van der Waals surface area contributed by atoms with Crippen molar-refractivity contribution in [3.05, 3.63) is 0 Å². The molecule has 1 atom stereocenters. The van der Waals surface area contributed by atoms with Crippen LogP contribution in [-0.4, -0.2) is 41.1 Å². The molecule has 0 fully saturated rings. The molecular formula is C20H42OSe2. The van der Waals surface area contributed by atoms with Crippen LogP contribution < -0.4 is 0 Å². The van der Waals surface area contributed by atoms with Crippen LogP contribution in [0.2, 0.25) is 14.9 Å². The Morgan fingerprint density at radius 3 is 1.61 bits per heavy atom. The van der Waals surface area contributed by atoms with Gasteiger partial charge in [-0.1, -0.05) is 0 Å². The van der Waals surface area contributed by atoms with Gasteiger partial charge in [-0.2, -0.15) is 0 Å². The third-order valence-electron chi connectivity index (χ3n) is 4.91. The standard InChI is InChI=1S/C20H42OSe2/c1-5-7-9-11-12-13-14-15-17-19(21)20(22-3,23-4)18-16-10-8-6-2/h19,21H,5-18H2,1-4H3. The summed E-state index contributed by atoms with van der Waals surface area (Å²) in [6.07, 6.45) is 18.5. The Kier molecular flexibility index (Phi) is 17.2. The first-order valence-corrected chi connectivity index (χ1v) is 15.1. The second kappa shape index (κ2) is 16.5. The van der Waals surface area contributed by atoms with Crippen molar-refractivity contribution in [2.24, 2.45) is 0 Å². The van der Waals surface area contributed by atoms with Crippen LogP contribution in [-0.2, 0) is 0 Å². The Balaban J connectivity index is 3.93. The van der Waals surface area contributed by atoms with Gasteiger partial charge in [0.1, 0.15) is 0 Å². The third kappa shape index (κ3) is 11.3. The fraction of sp³-hybridized carbons (Fsp3) is 1.00. The number of rotatable bonds is 17. The van der Waals surface area contributed by atoms with E-state index in [1.165, 1.54) is 83.5 Å². The van der Waals surface area contributed by atoms with Crippen LogP contribution in [0, 0.1) is 0 Å². The first-order chi connectivity index (χ1) is 11.2. The molecule has 1 N–H and O–H groups in total. The Morgan fingerprint density at radius 2 is 1.13 bits per heavy atom. The maximum absolute atomic E-state index is 10.8. The summed E-state index contributed by atoms with van der Waals surface area (Å²) in [5, 5.41) is 10.8. The zero-order valence-electron chi connectivity index (χ0n) is 16.2. The topological polar surface area (TPSA) is 20.2 Å². The number of hydrogen-bond donors (Lipinski definition) is 1. The minimum atomic E-state index is -0.0285. The molecule has 1 nitrogen and oxygen atoms in total. The van der Waals surface area contributed by atoms with Crippen molar-refractivity contribution in [1.82, 2.24) is 0 Å². The zero-order valence-corrected chi connectivity index (χ0v) is 19.7. The fourth-order valence-corrected chi connectivity index (χ4v) is 8.48. The number of unbranched alkanes of at least 4 members (excludes halogenated alkanes) is 10. The SMILES string of the molecule is CCCCCCCCCCC(O)C(CCCCCC)([Se]C)[Se]C. The van der Waals surface area contributed by atoms with Crippen molar-refractivity contribution in [2.75, 3.05) is 0 Å². The third-order valence-corrected chi connectivity index (χ3v) is 13.4. The molecule has 140 valence electrons. The summed E-state index contributed by atoms with van der Waals surface area (Å²) >= 11 is 1.15. The Labute approximate surface area is 159 Å². The minimum absolute atomic E-state index is 0.0285. The van der Waals surface area contributed by atoms with Crippen LogP contribution in [0.15, 0.2) is 0 Å². The van der Waals surface area contributed by atoms with Crippen LogP contribution in [0.4, 0.5) is 0 Å². The number of aliphatic hydroxyl groups is 1. The van der Waals surface area contributed by atoms with Crippen molar-refractivity contribution in [2.45, 2.75) is 125 Å². The normalized spacial score (nSPS) is 13.4. The number of aliphatic hydroxyl groups excluding tert-OH is 1. The predicted octanol–water partition coefficient (Wildman–Crippen LogP) is 6.47. The Hall–Kier alpha value is 0.999. The van der Waals surface area contributed by atoms with Gasteiger partial charge in [0, 0.05) is 0 Å². The van der Waals surface area contributed by atoms with E-state index in [9.17, 15) is 5.11 Å². The van der Waals surface area contributed by atoms with Gasteiger partial charge in [-0.05, 0) is 0 Å². The summed E-state index contributed by atoms with van der Waals surface area (Å²) in [7, 11) is 0. The summed E-state index contributed by atoms with van der Waals surface area (Å²) in [5.41, 5.74) is 0. The van der Waals surface area contributed by atoms with Crippen molar-refractivity contribution in [3.63, 3.8) is 0 Å². The molecule has 0 heterocycles. The average molecular weight is 456 g/mol. The molecule has 0 aliphatic heterocycles. The predicted molar refractivity (Wildman–Crippen MR) is 108 cm³/mol. The summed E-state index contributed by atoms with van der Waals surface area (Å²) in [5.74, 6) is 4.71. The molecule has 0 aromatic heterocycles. The van der Waals surface area contributed by atoms with Crippen LogP contribution in [0.1, 0.15) is 104 Å². The van der Waals surface area contributed by atoms with Gasteiger partial charge in [0.05, 0.1) is 0 Å². The zero-order chi connectivity index (χ0) is 17.4. The molecule has 0 aliphatic rings. The maximum atomic E-state index is 10.8. The van der Waals surface area contributed by atoms with Crippen molar-refractivity contribution < 1.29 is 5.11 Å². The van der Waals surface area contributed by atoms with E-state index in [-0.39, 0.29) is 6.10 Å². The van der Waals surface area contributed by atoms with Gasteiger partial charge in [-0.25, -0.2) is 0 Å². The molecule has 0 rings (SSSR count). The van der Waals surface area contributed by atoms with E-state index in [4.69, 9.17) is 0 Å². The molecule has 0 saturated carbocycles. The first-order valence-electron chi connectivity index (χ1n) is 9.95.